The van der Waals surface area contributed by atoms with Crippen LogP contribution in [0.1, 0.15) is 5.69 Å². The minimum atomic E-state index is -0.817. The molecule has 0 spiro atoms. The van der Waals surface area contributed by atoms with Crippen LogP contribution in [0.2, 0.25) is 0 Å². The van der Waals surface area contributed by atoms with Gasteiger partial charge in [0.15, 0.2) is 0 Å². The Balaban J connectivity index is 1.98. The summed E-state index contributed by atoms with van der Waals surface area (Å²) >= 11 is 0. The van der Waals surface area contributed by atoms with Crippen molar-refractivity contribution in [1.29, 1.82) is 0 Å². The van der Waals surface area contributed by atoms with Crippen molar-refractivity contribution < 1.29 is 14.6 Å². The summed E-state index contributed by atoms with van der Waals surface area (Å²) in [7, 11) is 0. The van der Waals surface area contributed by atoms with Gasteiger partial charge in [0.2, 0.25) is 0 Å². The van der Waals surface area contributed by atoms with E-state index in [0.717, 1.165) is 5.69 Å². The van der Waals surface area contributed by atoms with E-state index >= 15 is 0 Å². The van der Waals surface area contributed by atoms with Crippen LogP contribution in [0.25, 0.3) is 0 Å². The maximum absolute atomic E-state index is 10.7. The second kappa shape index (κ2) is 5.05. The molecule has 1 aliphatic heterocycles. The minimum Gasteiger partial charge on any atom is -0.480 e. The summed E-state index contributed by atoms with van der Waals surface area (Å²) in [4.78, 5) is 16.8. The number of hydrogen-bond donors (Lipinski definition) is 1. The first kappa shape index (κ1) is 11.0. The van der Waals surface area contributed by atoms with Crippen LogP contribution in [-0.2, 0) is 16.1 Å². The zero-order valence-electron chi connectivity index (χ0n) is 8.87. The highest BCUT2D eigenvalue weighted by Crippen LogP contribution is 2.13. The van der Waals surface area contributed by atoms with E-state index in [1.807, 2.05) is 23.1 Å². The van der Waals surface area contributed by atoms with Gasteiger partial charge < -0.3 is 9.84 Å². The molecule has 0 saturated carbocycles. The first-order valence-corrected chi connectivity index (χ1v) is 5.19. The van der Waals surface area contributed by atoms with Crippen LogP contribution in [0.3, 0.4) is 0 Å². The van der Waals surface area contributed by atoms with Crippen LogP contribution < -0.4 is 0 Å². The van der Waals surface area contributed by atoms with Gasteiger partial charge in [0.1, 0.15) is 0 Å². The number of carboxylic acids is 1. The van der Waals surface area contributed by atoms with Crippen molar-refractivity contribution in [2.75, 3.05) is 19.8 Å². The molecule has 5 nitrogen and oxygen atoms in total. The molecule has 16 heavy (non-hydrogen) atoms. The van der Waals surface area contributed by atoms with Crippen molar-refractivity contribution in [3.63, 3.8) is 0 Å². The fourth-order valence-corrected chi connectivity index (χ4v) is 1.62. The predicted molar refractivity (Wildman–Crippen MR) is 56.9 cm³/mol. The van der Waals surface area contributed by atoms with Crippen molar-refractivity contribution >= 4 is 5.97 Å². The van der Waals surface area contributed by atoms with Crippen LogP contribution >= 0.6 is 0 Å². The molecule has 5 heteroatoms. The fourth-order valence-electron chi connectivity index (χ4n) is 1.62. The number of nitrogens with zero attached hydrogens (tertiary/aromatic N) is 2. The highest BCUT2D eigenvalue weighted by Gasteiger charge is 2.27. The smallest absolute Gasteiger partial charge is 0.317 e. The second-order valence-corrected chi connectivity index (χ2v) is 3.81. The van der Waals surface area contributed by atoms with E-state index in [0.29, 0.717) is 19.8 Å². The van der Waals surface area contributed by atoms with Crippen LogP contribution in [0.4, 0.5) is 0 Å². The molecule has 1 saturated heterocycles. The molecule has 1 N–H and O–H groups in total. The van der Waals surface area contributed by atoms with Crippen molar-refractivity contribution in [1.82, 2.24) is 9.88 Å². The number of ether oxygens (including phenoxy) is 1. The molecule has 0 aliphatic carbocycles. The molecule has 2 heterocycles. The fraction of sp³-hybridized carbons (Fsp3) is 0.455. The van der Waals surface area contributed by atoms with Gasteiger partial charge in [-0.3, -0.25) is 14.7 Å². The summed E-state index contributed by atoms with van der Waals surface area (Å²) in [6.07, 6.45) is 1.71. The summed E-state index contributed by atoms with van der Waals surface area (Å²) in [5, 5.41) is 8.83. The molecule has 0 bridgehead atoms. The highest BCUT2D eigenvalue weighted by molar-refractivity contribution is 5.69. The van der Waals surface area contributed by atoms with Gasteiger partial charge in [-0.25, -0.2) is 0 Å². The Kier molecular flexibility index (Phi) is 3.48. The number of carboxylic acid groups (broad SMARTS) is 1. The molecular formula is C11H14N2O3. The Labute approximate surface area is 93.7 Å². The van der Waals surface area contributed by atoms with Crippen molar-refractivity contribution in [3.8, 4) is 0 Å². The molecule has 2 rings (SSSR count). The lowest BCUT2D eigenvalue weighted by Crippen LogP contribution is -2.50. The van der Waals surface area contributed by atoms with E-state index in [1.54, 1.807) is 6.20 Å². The zero-order chi connectivity index (χ0) is 11.4. The third-order valence-electron chi connectivity index (χ3n) is 2.57. The molecule has 0 unspecified atom stereocenters. The first-order chi connectivity index (χ1) is 7.75. The van der Waals surface area contributed by atoms with Crippen LogP contribution in [0.5, 0.6) is 0 Å². The predicted octanol–water partition coefficient (Wildman–Crippen LogP) is 0.367. The van der Waals surface area contributed by atoms with E-state index in [4.69, 9.17) is 9.84 Å². The first-order valence-electron chi connectivity index (χ1n) is 5.19. The summed E-state index contributed by atoms with van der Waals surface area (Å²) in [6.45, 7) is 1.81. The van der Waals surface area contributed by atoms with Crippen LogP contribution in [0.15, 0.2) is 24.4 Å². The van der Waals surface area contributed by atoms with E-state index in [1.165, 1.54) is 0 Å². The Bertz CT molecular complexity index is 352. The molecule has 0 amide bonds. The SMILES string of the molecule is O=C(O)CN(Cc1ccccn1)C1COC1. The van der Waals surface area contributed by atoms with Crippen molar-refractivity contribution in [3.05, 3.63) is 30.1 Å². The summed E-state index contributed by atoms with van der Waals surface area (Å²) in [5.41, 5.74) is 0.885. The normalized spacial score (nSPS) is 16.1. The van der Waals surface area contributed by atoms with E-state index in [9.17, 15) is 4.79 Å². The molecule has 1 aromatic heterocycles. The minimum absolute atomic E-state index is 0.0323. The van der Waals surface area contributed by atoms with Gasteiger partial charge in [-0.05, 0) is 12.1 Å². The van der Waals surface area contributed by atoms with Gasteiger partial charge in [-0.1, -0.05) is 6.07 Å². The van der Waals surface area contributed by atoms with Gasteiger partial charge in [0.25, 0.3) is 0 Å². The molecule has 0 radical (unpaired) electrons. The quantitative estimate of drug-likeness (QED) is 0.779. The maximum atomic E-state index is 10.7. The molecule has 86 valence electrons. The van der Waals surface area contributed by atoms with E-state index in [-0.39, 0.29) is 12.6 Å². The maximum Gasteiger partial charge on any atom is 0.317 e. The Hall–Kier alpha value is -1.46. The Morgan fingerprint density at radius 1 is 1.56 bits per heavy atom. The summed E-state index contributed by atoms with van der Waals surface area (Å²) in [6, 6.07) is 5.85. The molecule has 0 aromatic carbocycles. The Morgan fingerprint density at radius 2 is 2.38 bits per heavy atom. The van der Waals surface area contributed by atoms with Gasteiger partial charge in [-0.2, -0.15) is 0 Å². The number of hydrogen-bond acceptors (Lipinski definition) is 4. The number of carbonyl (C=O) groups is 1. The topological polar surface area (TPSA) is 62.7 Å². The molecule has 1 aromatic rings. The molecular weight excluding hydrogens is 208 g/mol. The lowest BCUT2D eigenvalue weighted by atomic mass is 10.2. The summed E-state index contributed by atoms with van der Waals surface area (Å²) < 4.78 is 5.08. The van der Waals surface area contributed by atoms with Gasteiger partial charge in [0.05, 0.1) is 31.5 Å². The molecule has 0 atom stereocenters. The average molecular weight is 222 g/mol. The monoisotopic (exact) mass is 222 g/mol. The van der Waals surface area contributed by atoms with Crippen LogP contribution in [0, 0.1) is 0 Å². The van der Waals surface area contributed by atoms with E-state index < -0.39 is 5.97 Å². The zero-order valence-corrected chi connectivity index (χ0v) is 8.87. The third kappa shape index (κ3) is 2.77. The van der Waals surface area contributed by atoms with Gasteiger partial charge >= 0.3 is 5.97 Å². The van der Waals surface area contributed by atoms with Gasteiger partial charge in [0, 0.05) is 12.7 Å². The lowest BCUT2D eigenvalue weighted by molar-refractivity contribution is -0.142. The van der Waals surface area contributed by atoms with Crippen molar-refractivity contribution in [2.24, 2.45) is 0 Å². The molecule has 1 fully saturated rings. The van der Waals surface area contributed by atoms with Gasteiger partial charge in [-0.15, -0.1) is 0 Å². The molecule has 1 aliphatic rings. The number of aromatic nitrogens is 1. The highest BCUT2D eigenvalue weighted by atomic mass is 16.5. The van der Waals surface area contributed by atoms with E-state index in [2.05, 4.69) is 4.98 Å². The number of rotatable bonds is 5. The lowest BCUT2D eigenvalue weighted by Gasteiger charge is -2.36. The third-order valence-corrected chi connectivity index (χ3v) is 2.57. The standard InChI is InChI=1S/C11H14N2O3/c14-11(15)6-13(10-7-16-8-10)5-9-3-1-2-4-12-9/h1-4,10H,5-8H2,(H,14,15). The second-order valence-electron chi connectivity index (χ2n) is 3.81. The average Bonchev–Trinajstić information content (AvgIpc) is 2.15. The largest absolute Gasteiger partial charge is 0.480 e. The van der Waals surface area contributed by atoms with Crippen molar-refractivity contribution in [2.45, 2.75) is 12.6 Å². The number of pyridine rings is 1. The Morgan fingerprint density at radius 3 is 2.88 bits per heavy atom. The summed E-state index contributed by atoms with van der Waals surface area (Å²) in [5.74, 6) is -0.817. The van der Waals surface area contributed by atoms with Crippen LogP contribution in [-0.4, -0.2) is 46.8 Å². The number of aliphatic carboxylic acids is 1.